The van der Waals surface area contributed by atoms with Crippen LogP contribution in [0.2, 0.25) is 0 Å². The van der Waals surface area contributed by atoms with Gasteiger partial charge in [-0.2, -0.15) is 4.99 Å². The smallest absolute Gasteiger partial charge is 0.249 e. The lowest BCUT2D eigenvalue weighted by molar-refractivity contribution is 0.0999. The maximum Gasteiger partial charge on any atom is 0.249 e. The number of amides is 1. The molecule has 0 unspecified atom stereocenters. The second-order valence-electron chi connectivity index (χ2n) is 2.86. The fraction of sp³-hybridized carbons (Fsp3) is 0.200. The number of carbonyl (C=O) groups is 1. The summed E-state index contributed by atoms with van der Waals surface area (Å²) in [5.41, 5.74) is 6.73. The minimum Gasteiger partial charge on any atom is -0.494 e. The molecule has 0 fully saturated rings. The molecular formula is C10H10N2O2S. The van der Waals surface area contributed by atoms with Crippen molar-refractivity contribution in [3.05, 3.63) is 23.3 Å². The maximum absolute atomic E-state index is 11.1. The van der Waals surface area contributed by atoms with Gasteiger partial charge in [0.2, 0.25) is 5.91 Å². The lowest BCUT2D eigenvalue weighted by Crippen LogP contribution is -2.12. The molecule has 0 radical (unpaired) electrons. The van der Waals surface area contributed by atoms with Gasteiger partial charge < -0.3 is 10.5 Å². The van der Waals surface area contributed by atoms with E-state index in [1.807, 2.05) is 0 Å². The van der Waals surface area contributed by atoms with E-state index in [2.05, 4.69) is 22.4 Å². The van der Waals surface area contributed by atoms with Crippen molar-refractivity contribution in [2.75, 3.05) is 7.11 Å². The molecule has 2 N–H and O–H groups in total. The van der Waals surface area contributed by atoms with Crippen LogP contribution in [-0.2, 0) is 0 Å². The van der Waals surface area contributed by atoms with E-state index in [9.17, 15) is 4.79 Å². The Morgan fingerprint density at radius 1 is 1.60 bits per heavy atom. The molecule has 0 aromatic heterocycles. The van der Waals surface area contributed by atoms with Crippen LogP contribution in [0, 0.1) is 6.92 Å². The zero-order valence-electron chi connectivity index (χ0n) is 8.40. The SMILES string of the molecule is COc1ccc(C(N)=O)c(C)c1N=C=S. The number of aliphatic imine (C=N–C) groups is 1. The van der Waals surface area contributed by atoms with E-state index in [1.165, 1.54) is 7.11 Å². The molecule has 0 saturated heterocycles. The summed E-state index contributed by atoms with van der Waals surface area (Å²) in [5, 5.41) is 2.24. The lowest BCUT2D eigenvalue weighted by atomic mass is 10.1. The molecular weight excluding hydrogens is 212 g/mol. The molecule has 0 saturated carbocycles. The minimum absolute atomic E-state index is 0.403. The molecule has 0 heterocycles. The van der Waals surface area contributed by atoms with Crippen molar-refractivity contribution >= 4 is 29.0 Å². The number of nitrogens with zero attached hydrogens (tertiary/aromatic N) is 1. The fourth-order valence-corrected chi connectivity index (χ4v) is 1.38. The van der Waals surface area contributed by atoms with Crippen LogP contribution in [0.5, 0.6) is 5.75 Å². The van der Waals surface area contributed by atoms with Gasteiger partial charge in [-0.15, -0.1) is 0 Å². The van der Waals surface area contributed by atoms with E-state index in [1.54, 1.807) is 19.1 Å². The second-order valence-corrected chi connectivity index (χ2v) is 3.04. The van der Waals surface area contributed by atoms with Crippen molar-refractivity contribution in [3.8, 4) is 5.75 Å². The van der Waals surface area contributed by atoms with Crippen LogP contribution in [0.3, 0.4) is 0 Å². The van der Waals surface area contributed by atoms with E-state index in [-0.39, 0.29) is 0 Å². The Balaban J connectivity index is 3.48. The Morgan fingerprint density at radius 3 is 2.73 bits per heavy atom. The molecule has 0 atom stereocenters. The van der Waals surface area contributed by atoms with Crippen molar-refractivity contribution in [2.45, 2.75) is 6.92 Å². The molecule has 1 aromatic rings. The average molecular weight is 222 g/mol. The Labute approximate surface area is 92.8 Å². The van der Waals surface area contributed by atoms with Crippen LogP contribution >= 0.6 is 12.2 Å². The Kier molecular flexibility index (Phi) is 3.55. The average Bonchev–Trinajstić information content (AvgIpc) is 2.20. The van der Waals surface area contributed by atoms with Crippen LogP contribution in [0.1, 0.15) is 15.9 Å². The van der Waals surface area contributed by atoms with E-state index < -0.39 is 5.91 Å². The molecule has 15 heavy (non-hydrogen) atoms. The van der Waals surface area contributed by atoms with Crippen molar-refractivity contribution in [1.82, 2.24) is 0 Å². The number of benzene rings is 1. The number of ether oxygens (including phenoxy) is 1. The van der Waals surface area contributed by atoms with Gasteiger partial charge in [0, 0.05) is 5.56 Å². The van der Waals surface area contributed by atoms with Gasteiger partial charge in [0.15, 0.2) is 0 Å². The van der Waals surface area contributed by atoms with E-state index in [4.69, 9.17) is 10.5 Å². The summed E-state index contributed by atoms with van der Waals surface area (Å²) in [4.78, 5) is 14.9. The van der Waals surface area contributed by atoms with Gasteiger partial charge in [0.25, 0.3) is 0 Å². The van der Waals surface area contributed by atoms with Crippen LogP contribution in [-0.4, -0.2) is 18.2 Å². The number of carbonyl (C=O) groups excluding carboxylic acids is 1. The van der Waals surface area contributed by atoms with Gasteiger partial charge in [-0.05, 0) is 36.8 Å². The van der Waals surface area contributed by atoms with Gasteiger partial charge in [0.1, 0.15) is 11.4 Å². The van der Waals surface area contributed by atoms with Gasteiger partial charge >= 0.3 is 0 Å². The standard InChI is InChI=1S/C10H10N2O2S/c1-6-7(10(11)13)3-4-8(14-2)9(6)12-5-15/h3-4H,1-2H3,(H2,11,13). The predicted molar refractivity (Wildman–Crippen MR) is 60.9 cm³/mol. The first-order valence-corrected chi connectivity index (χ1v) is 4.58. The first-order chi connectivity index (χ1) is 7.11. The molecule has 0 aliphatic heterocycles. The summed E-state index contributed by atoms with van der Waals surface area (Å²) in [6, 6.07) is 3.22. The molecule has 4 nitrogen and oxygen atoms in total. The number of primary amides is 1. The van der Waals surface area contributed by atoms with E-state index >= 15 is 0 Å². The van der Waals surface area contributed by atoms with Gasteiger partial charge in [-0.1, -0.05) is 0 Å². The molecule has 78 valence electrons. The highest BCUT2D eigenvalue weighted by molar-refractivity contribution is 7.78. The molecule has 0 aliphatic carbocycles. The molecule has 1 aromatic carbocycles. The van der Waals surface area contributed by atoms with Gasteiger partial charge in [-0.25, -0.2) is 0 Å². The first kappa shape index (κ1) is 11.4. The summed E-state index contributed by atoms with van der Waals surface area (Å²) in [6.07, 6.45) is 0. The topological polar surface area (TPSA) is 64.7 Å². The quantitative estimate of drug-likeness (QED) is 0.627. The van der Waals surface area contributed by atoms with E-state index in [0.29, 0.717) is 22.6 Å². The van der Waals surface area contributed by atoms with Crippen LogP contribution in [0.15, 0.2) is 17.1 Å². The molecule has 1 rings (SSSR count). The third-order valence-corrected chi connectivity index (χ3v) is 2.13. The number of hydrogen-bond acceptors (Lipinski definition) is 4. The second kappa shape index (κ2) is 4.68. The van der Waals surface area contributed by atoms with Crippen LogP contribution in [0.25, 0.3) is 0 Å². The number of rotatable bonds is 3. The fourth-order valence-electron chi connectivity index (χ4n) is 1.29. The number of methoxy groups -OCH3 is 1. The van der Waals surface area contributed by atoms with Gasteiger partial charge in [-0.3, -0.25) is 4.79 Å². The summed E-state index contributed by atoms with van der Waals surface area (Å²) in [5.74, 6) is 0.0332. The molecule has 1 amide bonds. The third-order valence-electron chi connectivity index (χ3n) is 2.04. The summed E-state index contributed by atoms with van der Waals surface area (Å²) < 4.78 is 5.08. The normalized spacial score (nSPS) is 9.20. The summed E-state index contributed by atoms with van der Waals surface area (Å²) >= 11 is 4.52. The van der Waals surface area contributed by atoms with Gasteiger partial charge in [0.05, 0.1) is 12.3 Å². The van der Waals surface area contributed by atoms with Crippen LogP contribution < -0.4 is 10.5 Å². The largest absolute Gasteiger partial charge is 0.494 e. The van der Waals surface area contributed by atoms with Crippen molar-refractivity contribution < 1.29 is 9.53 Å². The van der Waals surface area contributed by atoms with Crippen molar-refractivity contribution in [3.63, 3.8) is 0 Å². The lowest BCUT2D eigenvalue weighted by Gasteiger charge is -2.09. The molecule has 0 aliphatic rings. The predicted octanol–water partition coefficient (Wildman–Crippen LogP) is 1.84. The number of thiocarbonyl (C=S) groups is 1. The highest BCUT2D eigenvalue weighted by Crippen LogP contribution is 2.32. The van der Waals surface area contributed by atoms with Crippen LogP contribution in [0.4, 0.5) is 5.69 Å². The number of nitrogens with two attached hydrogens (primary N) is 1. The highest BCUT2D eigenvalue weighted by Gasteiger charge is 2.12. The Hall–Kier alpha value is -1.71. The zero-order chi connectivity index (χ0) is 11.4. The number of isothiocyanates is 1. The first-order valence-electron chi connectivity index (χ1n) is 4.17. The summed E-state index contributed by atoms with van der Waals surface area (Å²) in [7, 11) is 1.51. The van der Waals surface area contributed by atoms with E-state index in [0.717, 1.165) is 0 Å². The summed E-state index contributed by atoms with van der Waals surface area (Å²) in [6.45, 7) is 1.73. The van der Waals surface area contributed by atoms with Crippen molar-refractivity contribution in [1.29, 1.82) is 0 Å². The molecule has 0 spiro atoms. The maximum atomic E-state index is 11.1. The number of hydrogen-bond donors (Lipinski definition) is 1. The minimum atomic E-state index is -0.504. The Bertz CT molecular complexity index is 451. The zero-order valence-corrected chi connectivity index (χ0v) is 9.22. The highest BCUT2D eigenvalue weighted by atomic mass is 32.1. The molecule has 5 heteroatoms. The third kappa shape index (κ3) is 2.21. The Morgan fingerprint density at radius 2 is 2.27 bits per heavy atom. The monoisotopic (exact) mass is 222 g/mol. The van der Waals surface area contributed by atoms with Crippen molar-refractivity contribution in [2.24, 2.45) is 10.7 Å². The molecule has 0 bridgehead atoms.